The fraction of sp³-hybridized carbons (Fsp3) is 0.360. The van der Waals surface area contributed by atoms with Gasteiger partial charge in [0.05, 0.1) is 5.69 Å². The number of fused-ring (bicyclic) bond motifs is 1. The van der Waals surface area contributed by atoms with E-state index in [1.54, 1.807) is 11.3 Å². The Morgan fingerprint density at radius 1 is 1.13 bits per heavy atom. The lowest BCUT2D eigenvalue weighted by molar-refractivity contribution is 0.0989. The van der Waals surface area contributed by atoms with E-state index in [0.29, 0.717) is 6.04 Å². The van der Waals surface area contributed by atoms with Crippen molar-refractivity contribution in [3.05, 3.63) is 64.5 Å². The summed E-state index contributed by atoms with van der Waals surface area (Å²) in [6.07, 6.45) is 7.38. The number of hydrogen-bond donors (Lipinski definition) is 1. The van der Waals surface area contributed by atoms with Gasteiger partial charge in [-0.25, -0.2) is 4.98 Å². The number of aryl methyl sites for hydroxylation is 1. The molecule has 0 bridgehead atoms. The van der Waals surface area contributed by atoms with Crippen molar-refractivity contribution >= 4 is 28.1 Å². The lowest BCUT2D eigenvalue weighted by atomic mass is 9.96. The van der Waals surface area contributed by atoms with E-state index in [1.165, 1.54) is 37.7 Å². The van der Waals surface area contributed by atoms with Crippen molar-refractivity contribution in [1.29, 1.82) is 0 Å². The average molecular weight is 418 g/mol. The first-order chi connectivity index (χ1) is 14.7. The number of nitrogens with one attached hydrogen (secondary N) is 1. The molecule has 2 aliphatic rings. The van der Waals surface area contributed by atoms with Gasteiger partial charge in [-0.3, -0.25) is 4.79 Å². The third kappa shape index (κ3) is 3.86. The van der Waals surface area contributed by atoms with Gasteiger partial charge in [-0.15, -0.1) is 11.3 Å². The lowest BCUT2D eigenvalue weighted by Crippen LogP contribution is -2.28. The largest absolute Gasteiger partial charge is 0.359 e. The summed E-state index contributed by atoms with van der Waals surface area (Å²) in [5.41, 5.74) is 6.27. The fourth-order valence-electron chi connectivity index (χ4n) is 4.60. The summed E-state index contributed by atoms with van der Waals surface area (Å²) < 4.78 is 0. The van der Waals surface area contributed by atoms with Crippen molar-refractivity contribution in [2.75, 3.05) is 16.8 Å². The number of rotatable bonds is 4. The van der Waals surface area contributed by atoms with E-state index < -0.39 is 0 Å². The normalized spacial score (nSPS) is 16.5. The summed E-state index contributed by atoms with van der Waals surface area (Å²) in [5, 5.41) is 6.78. The Kier molecular flexibility index (Phi) is 5.30. The second-order valence-electron chi connectivity index (χ2n) is 8.44. The summed E-state index contributed by atoms with van der Waals surface area (Å²) in [6.45, 7) is 2.75. The van der Waals surface area contributed by atoms with Crippen molar-refractivity contribution in [3.8, 4) is 11.3 Å². The van der Waals surface area contributed by atoms with E-state index in [2.05, 4.69) is 28.9 Å². The standard InChI is InChI=1S/C25H27N3OS/c1-17-6-5-7-20(14-17)24(29)28-13-12-19-15-18(10-11-23(19)28)22-16-30-25(27-22)26-21-8-3-2-4-9-21/h5-7,10-11,14-16,21H,2-4,8-9,12-13H2,1H3,(H,26,27). The molecule has 2 aromatic carbocycles. The molecule has 5 rings (SSSR count). The summed E-state index contributed by atoms with van der Waals surface area (Å²) in [6, 6.07) is 14.8. The minimum atomic E-state index is 0.0813. The number of hydrogen-bond acceptors (Lipinski definition) is 4. The predicted molar refractivity (Wildman–Crippen MR) is 125 cm³/mol. The number of anilines is 2. The van der Waals surface area contributed by atoms with Crippen LogP contribution in [0.4, 0.5) is 10.8 Å². The number of aromatic nitrogens is 1. The van der Waals surface area contributed by atoms with E-state index in [4.69, 9.17) is 4.98 Å². The molecule has 154 valence electrons. The number of carbonyl (C=O) groups excluding carboxylic acids is 1. The van der Waals surface area contributed by atoms with E-state index in [0.717, 1.165) is 46.2 Å². The van der Waals surface area contributed by atoms with E-state index in [-0.39, 0.29) is 5.91 Å². The molecule has 1 aromatic heterocycles. The molecule has 2 heterocycles. The molecular formula is C25H27N3OS. The third-order valence-corrected chi connectivity index (χ3v) is 6.99. The molecule has 0 saturated heterocycles. The molecule has 0 radical (unpaired) electrons. The van der Waals surface area contributed by atoms with Crippen LogP contribution in [0.5, 0.6) is 0 Å². The maximum absolute atomic E-state index is 13.0. The molecular weight excluding hydrogens is 390 g/mol. The molecule has 0 atom stereocenters. The van der Waals surface area contributed by atoms with Crippen LogP contribution < -0.4 is 10.2 Å². The molecule has 4 nitrogen and oxygen atoms in total. The van der Waals surface area contributed by atoms with Crippen LogP contribution in [0, 0.1) is 6.92 Å². The van der Waals surface area contributed by atoms with Crippen molar-refractivity contribution in [2.45, 2.75) is 51.5 Å². The van der Waals surface area contributed by atoms with Crippen molar-refractivity contribution in [1.82, 2.24) is 4.98 Å². The van der Waals surface area contributed by atoms with Gasteiger partial charge in [-0.05, 0) is 56.0 Å². The number of benzene rings is 2. The van der Waals surface area contributed by atoms with Gasteiger partial charge in [-0.2, -0.15) is 0 Å². The summed E-state index contributed by atoms with van der Waals surface area (Å²) in [4.78, 5) is 19.8. The summed E-state index contributed by atoms with van der Waals surface area (Å²) in [7, 11) is 0. The molecule has 1 fully saturated rings. The second kappa shape index (κ2) is 8.23. The van der Waals surface area contributed by atoms with Gasteiger partial charge in [-0.1, -0.05) is 43.0 Å². The highest BCUT2D eigenvalue weighted by molar-refractivity contribution is 7.14. The Morgan fingerprint density at radius 3 is 2.83 bits per heavy atom. The Hall–Kier alpha value is -2.66. The van der Waals surface area contributed by atoms with E-state index >= 15 is 0 Å². The average Bonchev–Trinajstić information content (AvgIpc) is 3.40. The van der Waals surface area contributed by atoms with Crippen LogP contribution in [0.25, 0.3) is 11.3 Å². The zero-order chi connectivity index (χ0) is 20.5. The van der Waals surface area contributed by atoms with Gasteiger partial charge in [0, 0.05) is 34.8 Å². The minimum absolute atomic E-state index is 0.0813. The van der Waals surface area contributed by atoms with Crippen molar-refractivity contribution < 1.29 is 4.79 Å². The summed E-state index contributed by atoms with van der Waals surface area (Å²) >= 11 is 1.69. The molecule has 0 spiro atoms. The number of nitrogens with zero attached hydrogens (tertiary/aromatic N) is 2. The Bertz CT molecular complexity index is 1070. The maximum atomic E-state index is 13.0. The molecule has 5 heteroatoms. The Morgan fingerprint density at radius 2 is 2.00 bits per heavy atom. The van der Waals surface area contributed by atoms with E-state index in [1.807, 2.05) is 36.1 Å². The highest BCUT2D eigenvalue weighted by Crippen LogP contribution is 2.34. The fourth-order valence-corrected chi connectivity index (χ4v) is 5.40. The minimum Gasteiger partial charge on any atom is -0.359 e. The first-order valence-corrected chi connectivity index (χ1v) is 11.8. The van der Waals surface area contributed by atoms with Crippen LogP contribution in [-0.4, -0.2) is 23.5 Å². The van der Waals surface area contributed by atoms with Gasteiger partial charge in [0.25, 0.3) is 5.91 Å². The lowest BCUT2D eigenvalue weighted by Gasteiger charge is -2.22. The molecule has 3 aromatic rings. The zero-order valence-corrected chi connectivity index (χ0v) is 18.2. The monoisotopic (exact) mass is 417 g/mol. The van der Waals surface area contributed by atoms with Gasteiger partial charge in [0.1, 0.15) is 0 Å². The van der Waals surface area contributed by atoms with Crippen LogP contribution in [0.15, 0.2) is 47.8 Å². The highest BCUT2D eigenvalue weighted by atomic mass is 32.1. The molecule has 1 aliphatic heterocycles. The SMILES string of the molecule is Cc1cccc(C(=O)N2CCc3cc(-c4csc(NC5CCCCC5)n4)ccc32)c1. The van der Waals surface area contributed by atoms with Crippen molar-refractivity contribution in [2.24, 2.45) is 0 Å². The van der Waals surface area contributed by atoms with Gasteiger partial charge in [0.15, 0.2) is 5.13 Å². The molecule has 1 amide bonds. The number of amides is 1. The Labute approximate surface area is 182 Å². The van der Waals surface area contributed by atoms with Gasteiger partial charge < -0.3 is 10.2 Å². The third-order valence-electron chi connectivity index (χ3n) is 6.22. The predicted octanol–water partition coefficient (Wildman–Crippen LogP) is 6.07. The number of thiazole rings is 1. The quantitative estimate of drug-likeness (QED) is 0.561. The number of carbonyl (C=O) groups is 1. The highest BCUT2D eigenvalue weighted by Gasteiger charge is 2.26. The van der Waals surface area contributed by atoms with Crippen LogP contribution in [-0.2, 0) is 6.42 Å². The van der Waals surface area contributed by atoms with Gasteiger partial charge >= 0.3 is 0 Å². The Balaban J connectivity index is 1.33. The van der Waals surface area contributed by atoms with Gasteiger partial charge in [0.2, 0.25) is 0 Å². The molecule has 30 heavy (non-hydrogen) atoms. The molecule has 1 aliphatic carbocycles. The molecule has 1 saturated carbocycles. The van der Waals surface area contributed by atoms with E-state index in [9.17, 15) is 4.79 Å². The van der Waals surface area contributed by atoms with Crippen LogP contribution in [0.2, 0.25) is 0 Å². The van der Waals surface area contributed by atoms with Crippen LogP contribution >= 0.6 is 11.3 Å². The molecule has 1 N–H and O–H groups in total. The molecule has 0 unspecified atom stereocenters. The first kappa shape index (κ1) is 19.3. The van der Waals surface area contributed by atoms with Crippen LogP contribution in [0.1, 0.15) is 53.6 Å². The smallest absolute Gasteiger partial charge is 0.258 e. The maximum Gasteiger partial charge on any atom is 0.258 e. The second-order valence-corrected chi connectivity index (χ2v) is 9.30. The van der Waals surface area contributed by atoms with Crippen molar-refractivity contribution in [3.63, 3.8) is 0 Å². The zero-order valence-electron chi connectivity index (χ0n) is 17.4. The summed E-state index contributed by atoms with van der Waals surface area (Å²) in [5.74, 6) is 0.0813. The first-order valence-electron chi connectivity index (χ1n) is 10.9. The van der Waals surface area contributed by atoms with Crippen LogP contribution in [0.3, 0.4) is 0 Å². The topological polar surface area (TPSA) is 45.2 Å².